The van der Waals surface area contributed by atoms with Crippen molar-refractivity contribution in [2.45, 2.75) is 19.9 Å². The van der Waals surface area contributed by atoms with Crippen molar-refractivity contribution < 1.29 is 9.53 Å². The maximum absolute atomic E-state index is 12.4. The lowest BCUT2D eigenvalue weighted by Gasteiger charge is -2.32. The lowest BCUT2D eigenvalue weighted by atomic mass is 10.1. The zero-order valence-electron chi connectivity index (χ0n) is 11.6. The van der Waals surface area contributed by atoms with Crippen LogP contribution in [0.4, 0.5) is 0 Å². The first kappa shape index (κ1) is 15.8. The number of benzene rings is 1. The molecule has 0 saturated carbocycles. The maximum atomic E-state index is 12.4. The number of hydrogen-bond donors (Lipinski definition) is 1. The van der Waals surface area contributed by atoms with Gasteiger partial charge in [0.15, 0.2) is 0 Å². The summed E-state index contributed by atoms with van der Waals surface area (Å²) >= 11 is 0. The average molecular weight is 285 g/mol. The quantitative estimate of drug-likeness (QED) is 0.901. The summed E-state index contributed by atoms with van der Waals surface area (Å²) in [7, 11) is 1.63. The first-order valence-electron chi connectivity index (χ1n) is 6.29. The number of methoxy groups -OCH3 is 1. The van der Waals surface area contributed by atoms with Gasteiger partial charge >= 0.3 is 0 Å². The van der Waals surface area contributed by atoms with Gasteiger partial charge in [0.25, 0.3) is 5.91 Å². The third-order valence-corrected chi connectivity index (χ3v) is 3.31. The molecule has 1 unspecified atom stereocenters. The van der Waals surface area contributed by atoms with Crippen LogP contribution in [0.1, 0.15) is 22.8 Å². The Labute approximate surface area is 120 Å². The number of ether oxygens (including phenoxy) is 1. The Morgan fingerprint density at radius 3 is 2.84 bits per heavy atom. The van der Waals surface area contributed by atoms with E-state index in [0.29, 0.717) is 11.6 Å². The van der Waals surface area contributed by atoms with Gasteiger partial charge in [0.05, 0.1) is 7.11 Å². The second-order valence-corrected chi connectivity index (χ2v) is 4.79. The number of halogens is 1. The minimum Gasteiger partial charge on any atom is -0.496 e. The summed E-state index contributed by atoms with van der Waals surface area (Å²) in [5, 5.41) is 3.33. The van der Waals surface area contributed by atoms with Crippen LogP contribution in [0.15, 0.2) is 18.2 Å². The molecule has 4 nitrogen and oxygen atoms in total. The number of carbonyl (C=O) groups excluding carboxylic acids is 1. The summed E-state index contributed by atoms with van der Waals surface area (Å²) in [5.74, 6) is 0.852. The Bertz CT molecular complexity index is 451. The van der Waals surface area contributed by atoms with Crippen molar-refractivity contribution in [3.63, 3.8) is 0 Å². The molecule has 1 N–H and O–H groups in total. The number of hydrogen-bond acceptors (Lipinski definition) is 3. The molecule has 1 aliphatic heterocycles. The minimum atomic E-state index is 0. The smallest absolute Gasteiger partial charge is 0.254 e. The number of aryl methyl sites for hydroxylation is 1. The molecule has 0 aliphatic carbocycles. The Balaban J connectivity index is 0.00000180. The van der Waals surface area contributed by atoms with Crippen LogP contribution in [0.25, 0.3) is 0 Å². The van der Waals surface area contributed by atoms with Crippen molar-refractivity contribution in [2.75, 3.05) is 26.7 Å². The van der Waals surface area contributed by atoms with Gasteiger partial charge in [-0.1, -0.05) is 6.07 Å². The van der Waals surface area contributed by atoms with E-state index in [9.17, 15) is 4.79 Å². The van der Waals surface area contributed by atoms with E-state index in [4.69, 9.17) is 4.74 Å². The third kappa shape index (κ3) is 3.61. The molecule has 0 bridgehead atoms. The standard InChI is InChI=1S/C14H20N2O2.ClH/c1-10-4-5-12(8-13(10)18-3)14(17)16-7-6-15-11(2)9-16;/h4-5,8,11,15H,6-7,9H2,1-3H3;1H. The molecule has 1 saturated heterocycles. The Morgan fingerprint density at radius 2 is 2.21 bits per heavy atom. The first-order valence-corrected chi connectivity index (χ1v) is 6.29. The molecule has 19 heavy (non-hydrogen) atoms. The lowest BCUT2D eigenvalue weighted by Crippen LogP contribution is -2.51. The highest BCUT2D eigenvalue weighted by atomic mass is 35.5. The number of piperazine rings is 1. The molecule has 1 aliphatic rings. The molecular weight excluding hydrogens is 264 g/mol. The molecule has 1 amide bonds. The normalized spacial score (nSPS) is 18.7. The average Bonchev–Trinajstić information content (AvgIpc) is 2.38. The van der Waals surface area contributed by atoms with Gasteiger partial charge in [-0.2, -0.15) is 0 Å². The van der Waals surface area contributed by atoms with Crippen LogP contribution in [0, 0.1) is 6.92 Å². The SMILES string of the molecule is COc1cc(C(=O)N2CCNC(C)C2)ccc1C.Cl. The molecule has 1 heterocycles. The number of carbonyl (C=O) groups is 1. The molecule has 1 aromatic carbocycles. The third-order valence-electron chi connectivity index (χ3n) is 3.31. The van der Waals surface area contributed by atoms with Crippen molar-refractivity contribution in [2.24, 2.45) is 0 Å². The fraction of sp³-hybridized carbons (Fsp3) is 0.500. The van der Waals surface area contributed by atoms with Crippen LogP contribution in [-0.2, 0) is 0 Å². The van der Waals surface area contributed by atoms with E-state index in [1.54, 1.807) is 7.11 Å². The van der Waals surface area contributed by atoms with Crippen LogP contribution in [0.2, 0.25) is 0 Å². The highest BCUT2D eigenvalue weighted by molar-refractivity contribution is 5.94. The van der Waals surface area contributed by atoms with Crippen molar-refractivity contribution >= 4 is 18.3 Å². The molecule has 106 valence electrons. The van der Waals surface area contributed by atoms with E-state index in [-0.39, 0.29) is 18.3 Å². The second-order valence-electron chi connectivity index (χ2n) is 4.79. The van der Waals surface area contributed by atoms with Gasteiger partial charge in [-0.15, -0.1) is 12.4 Å². The van der Waals surface area contributed by atoms with E-state index >= 15 is 0 Å². The molecule has 5 heteroatoms. The zero-order chi connectivity index (χ0) is 13.1. The Morgan fingerprint density at radius 1 is 1.47 bits per heavy atom. The summed E-state index contributed by atoms with van der Waals surface area (Å²) in [5.41, 5.74) is 1.74. The Kier molecular flexibility index (Phi) is 5.63. The number of amides is 1. The zero-order valence-corrected chi connectivity index (χ0v) is 12.4. The van der Waals surface area contributed by atoms with Gasteiger partial charge in [0.2, 0.25) is 0 Å². The summed E-state index contributed by atoms with van der Waals surface area (Å²) in [4.78, 5) is 14.3. The predicted molar refractivity (Wildman–Crippen MR) is 78.3 cm³/mol. The van der Waals surface area contributed by atoms with E-state index in [2.05, 4.69) is 12.2 Å². The monoisotopic (exact) mass is 284 g/mol. The number of nitrogens with zero attached hydrogens (tertiary/aromatic N) is 1. The van der Waals surface area contributed by atoms with Gasteiger partial charge < -0.3 is 15.0 Å². The summed E-state index contributed by atoms with van der Waals surface area (Å²) in [6, 6.07) is 5.98. The van der Waals surface area contributed by atoms with Crippen LogP contribution in [0.5, 0.6) is 5.75 Å². The lowest BCUT2D eigenvalue weighted by molar-refractivity contribution is 0.0708. The molecular formula is C14H21ClN2O2. The minimum absolute atomic E-state index is 0. The summed E-state index contributed by atoms with van der Waals surface area (Å²) in [6.07, 6.45) is 0. The van der Waals surface area contributed by atoms with Crippen molar-refractivity contribution in [1.29, 1.82) is 0 Å². The van der Waals surface area contributed by atoms with Gasteiger partial charge in [-0.3, -0.25) is 4.79 Å². The maximum Gasteiger partial charge on any atom is 0.254 e. The van der Waals surface area contributed by atoms with Crippen LogP contribution >= 0.6 is 12.4 Å². The largest absolute Gasteiger partial charge is 0.496 e. The summed E-state index contributed by atoms with van der Waals surface area (Å²) < 4.78 is 5.26. The predicted octanol–water partition coefficient (Wildman–Crippen LogP) is 1.86. The van der Waals surface area contributed by atoms with Crippen molar-refractivity contribution in [3.8, 4) is 5.75 Å². The highest BCUT2D eigenvalue weighted by Crippen LogP contribution is 2.20. The van der Waals surface area contributed by atoms with Gasteiger partial charge in [-0.25, -0.2) is 0 Å². The first-order chi connectivity index (χ1) is 8.61. The molecule has 1 aromatic rings. The molecule has 0 spiro atoms. The van der Waals surface area contributed by atoms with Gasteiger partial charge in [0, 0.05) is 31.2 Å². The van der Waals surface area contributed by atoms with Crippen molar-refractivity contribution in [3.05, 3.63) is 29.3 Å². The van der Waals surface area contributed by atoms with E-state index < -0.39 is 0 Å². The molecule has 1 atom stereocenters. The molecule has 0 radical (unpaired) electrons. The second kappa shape index (κ2) is 6.78. The topological polar surface area (TPSA) is 41.6 Å². The fourth-order valence-corrected chi connectivity index (χ4v) is 2.25. The summed E-state index contributed by atoms with van der Waals surface area (Å²) in [6.45, 7) is 6.44. The Hall–Kier alpha value is -1.26. The number of rotatable bonds is 2. The van der Waals surface area contributed by atoms with E-state index in [1.165, 1.54) is 0 Å². The molecule has 0 aromatic heterocycles. The van der Waals surface area contributed by atoms with E-state index in [0.717, 1.165) is 30.9 Å². The molecule has 1 fully saturated rings. The van der Waals surface area contributed by atoms with Crippen LogP contribution < -0.4 is 10.1 Å². The number of nitrogens with one attached hydrogen (secondary N) is 1. The highest BCUT2D eigenvalue weighted by Gasteiger charge is 2.22. The fourth-order valence-electron chi connectivity index (χ4n) is 2.25. The van der Waals surface area contributed by atoms with Crippen molar-refractivity contribution in [1.82, 2.24) is 10.2 Å². The van der Waals surface area contributed by atoms with Gasteiger partial charge in [0.1, 0.15) is 5.75 Å². The van der Waals surface area contributed by atoms with Crippen LogP contribution in [-0.4, -0.2) is 43.6 Å². The van der Waals surface area contributed by atoms with Crippen LogP contribution in [0.3, 0.4) is 0 Å². The van der Waals surface area contributed by atoms with E-state index in [1.807, 2.05) is 30.0 Å². The molecule has 2 rings (SSSR count). The van der Waals surface area contributed by atoms with Gasteiger partial charge in [-0.05, 0) is 31.5 Å².